The molecule has 26 heavy (non-hydrogen) atoms. The summed E-state index contributed by atoms with van der Waals surface area (Å²) >= 11 is 9.36. The molecular weight excluding hydrogens is 446 g/mol. The van der Waals surface area contributed by atoms with Gasteiger partial charge in [-0.3, -0.25) is 4.79 Å². The Balaban J connectivity index is 1.91. The van der Waals surface area contributed by atoms with Crippen LogP contribution in [0.4, 0.5) is 0 Å². The van der Waals surface area contributed by atoms with Crippen LogP contribution in [-0.4, -0.2) is 43.9 Å². The maximum atomic E-state index is 13.1. The van der Waals surface area contributed by atoms with E-state index in [-0.39, 0.29) is 24.0 Å². The molecule has 0 spiro atoms. The molecule has 1 aromatic heterocycles. The third kappa shape index (κ3) is 4.24. The van der Waals surface area contributed by atoms with E-state index in [2.05, 4.69) is 15.9 Å². The summed E-state index contributed by atoms with van der Waals surface area (Å²) in [5.74, 6) is 0.753. The average Bonchev–Trinajstić information content (AvgIpc) is 3.16. The van der Waals surface area contributed by atoms with E-state index in [1.165, 1.54) is 18.1 Å². The lowest BCUT2D eigenvalue weighted by molar-refractivity contribution is 0.0665. The molecule has 0 saturated carbocycles. The van der Waals surface area contributed by atoms with Gasteiger partial charge in [0, 0.05) is 11.6 Å². The summed E-state index contributed by atoms with van der Waals surface area (Å²) in [6, 6.07) is 7.82. The van der Waals surface area contributed by atoms with Gasteiger partial charge in [0.25, 0.3) is 5.91 Å². The van der Waals surface area contributed by atoms with Crippen molar-refractivity contribution in [2.75, 3.05) is 18.6 Å². The Bertz CT molecular complexity index is 927. The van der Waals surface area contributed by atoms with Crippen molar-refractivity contribution in [1.82, 2.24) is 4.90 Å². The van der Waals surface area contributed by atoms with E-state index in [1.54, 1.807) is 24.3 Å². The van der Waals surface area contributed by atoms with Gasteiger partial charge in [-0.1, -0.05) is 11.6 Å². The number of hydrogen-bond acceptors (Lipinski definition) is 5. The van der Waals surface area contributed by atoms with Gasteiger partial charge >= 0.3 is 0 Å². The summed E-state index contributed by atoms with van der Waals surface area (Å²) < 4.78 is 34.9. The second-order valence-corrected chi connectivity index (χ2v) is 9.46. The minimum absolute atomic E-state index is 0.0511. The van der Waals surface area contributed by atoms with Crippen molar-refractivity contribution in [3.63, 3.8) is 0 Å². The van der Waals surface area contributed by atoms with Crippen LogP contribution < -0.4 is 4.74 Å². The maximum Gasteiger partial charge on any atom is 0.254 e. The van der Waals surface area contributed by atoms with Crippen LogP contribution in [-0.2, 0) is 16.4 Å². The van der Waals surface area contributed by atoms with Crippen molar-refractivity contribution in [3.05, 3.63) is 51.3 Å². The van der Waals surface area contributed by atoms with Gasteiger partial charge in [0.05, 0.1) is 30.2 Å². The van der Waals surface area contributed by atoms with Gasteiger partial charge in [-0.2, -0.15) is 0 Å². The van der Waals surface area contributed by atoms with Crippen molar-refractivity contribution in [1.29, 1.82) is 0 Å². The molecule has 2 aromatic rings. The summed E-state index contributed by atoms with van der Waals surface area (Å²) in [7, 11) is -1.65. The number of furan rings is 1. The zero-order chi connectivity index (χ0) is 18.9. The van der Waals surface area contributed by atoms with Gasteiger partial charge in [0.15, 0.2) is 14.5 Å². The minimum atomic E-state index is -3.14. The van der Waals surface area contributed by atoms with E-state index in [1.807, 2.05) is 0 Å². The highest BCUT2D eigenvalue weighted by atomic mass is 79.9. The van der Waals surface area contributed by atoms with Crippen molar-refractivity contribution in [3.8, 4) is 5.75 Å². The van der Waals surface area contributed by atoms with Crippen LogP contribution in [0.15, 0.2) is 39.4 Å². The quantitative estimate of drug-likeness (QED) is 0.679. The van der Waals surface area contributed by atoms with E-state index in [4.69, 9.17) is 20.8 Å². The van der Waals surface area contributed by atoms with Crippen LogP contribution in [0.3, 0.4) is 0 Å². The molecule has 2 heterocycles. The van der Waals surface area contributed by atoms with Gasteiger partial charge in [-0.25, -0.2) is 8.42 Å². The fraction of sp³-hybridized carbons (Fsp3) is 0.353. The summed E-state index contributed by atoms with van der Waals surface area (Å²) in [4.78, 5) is 14.6. The number of nitrogens with zero attached hydrogens (tertiary/aromatic N) is 1. The molecule has 1 aliphatic rings. The third-order valence-corrected chi connectivity index (χ3v) is 6.74. The minimum Gasteiger partial charge on any atom is -0.495 e. The Morgan fingerprint density at radius 1 is 1.38 bits per heavy atom. The van der Waals surface area contributed by atoms with E-state index in [0.717, 1.165) is 0 Å². The molecule has 1 atom stereocenters. The van der Waals surface area contributed by atoms with Crippen LogP contribution in [0.2, 0.25) is 5.02 Å². The number of methoxy groups -OCH3 is 1. The third-order valence-electron chi connectivity index (χ3n) is 4.26. The fourth-order valence-corrected chi connectivity index (χ4v) is 5.29. The zero-order valence-corrected chi connectivity index (χ0v) is 17.1. The molecule has 0 bridgehead atoms. The molecular formula is C17H17BrClNO5S. The van der Waals surface area contributed by atoms with E-state index in [0.29, 0.717) is 33.2 Å². The Morgan fingerprint density at radius 3 is 2.69 bits per heavy atom. The molecule has 1 aromatic carbocycles. The van der Waals surface area contributed by atoms with Gasteiger partial charge in [0.1, 0.15) is 11.5 Å². The monoisotopic (exact) mass is 461 g/mol. The van der Waals surface area contributed by atoms with Gasteiger partial charge in [-0.05, 0) is 52.7 Å². The Morgan fingerprint density at radius 2 is 2.15 bits per heavy atom. The number of halogens is 2. The van der Waals surface area contributed by atoms with Crippen LogP contribution in [0, 0.1) is 0 Å². The molecule has 1 fully saturated rings. The summed E-state index contributed by atoms with van der Waals surface area (Å²) in [6.45, 7) is 0.175. The summed E-state index contributed by atoms with van der Waals surface area (Å²) in [5, 5.41) is 0.318. The number of amides is 1. The molecule has 0 N–H and O–H groups in total. The first-order chi connectivity index (χ1) is 12.3. The highest BCUT2D eigenvalue weighted by molar-refractivity contribution is 9.10. The molecule has 0 aliphatic carbocycles. The summed E-state index contributed by atoms with van der Waals surface area (Å²) in [5.41, 5.74) is 0.366. The van der Waals surface area contributed by atoms with Gasteiger partial charge < -0.3 is 14.1 Å². The molecule has 1 amide bonds. The summed E-state index contributed by atoms with van der Waals surface area (Å²) in [6.07, 6.45) is 0.403. The highest BCUT2D eigenvalue weighted by Crippen LogP contribution is 2.28. The zero-order valence-electron chi connectivity index (χ0n) is 13.9. The molecule has 1 unspecified atom stereocenters. The Labute approximate surface area is 165 Å². The first-order valence-electron chi connectivity index (χ1n) is 7.88. The van der Waals surface area contributed by atoms with Gasteiger partial charge in [0.2, 0.25) is 0 Å². The largest absolute Gasteiger partial charge is 0.495 e. The van der Waals surface area contributed by atoms with Gasteiger partial charge in [-0.15, -0.1) is 0 Å². The number of benzene rings is 1. The smallest absolute Gasteiger partial charge is 0.254 e. The molecule has 3 rings (SSSR count). The second-order valence-electron chi connectivity index (χ2n) is 6.05. The van der Waals surface area contributed by atoms with Crippen molar-refractivity contribution in [2.24, 2.45) is 0 Å². The SMILES string of the molecule is COc1ccc(C(=O)N(Cc2ccc(Br)o2)C2CCS(=O)(=O)C2)cc1Cl. The topological polar surface area (TPSA) is 76.8 Å². The molecule has 1 aliphatic heterocycles. The van der Waals surface area contributed by atoms with Crippen molar-refractivity contribution >= 4 is 43.3 Å². The molecule has 1 saturated heterocycles. The van der Waals surface area contributed by atoms with E-state index >= 15 is 0 Å². The fourth-order valence-electron chi connectivity index (χ4n) is 2.96. The van der Waals surface area contributed by atoms with Crippen LogP contribution >= 0.6 is 27.5 Å². The predicted molar refractivity (Wildman–Crippen MR) is 101 cm³/mol. The molecule has 9 heteroatoms. The molecule has 140 valence electrons. The standard InChI is InChI=1S/C17H17BrClNO5S/c1-24-15-4-2-11(8-14(15)19)17(21)20(9-13-3-5-16(18)25-13)12-6-7-26(22,23)10-12/h2-5,8,12H,6-7,9-10H2,1H3. The number of rotatable bonds is 5. The maximum absolute atomic E-state index is 13.1. The normalized spacial score (nSPS) is 18.7. The van der Waals surface area contributed by atoms with Crippen molar-refractivity contribution < 1.29 is 22.4 Å². The first kappa shape index (κ1) is 19.3. The lowest BCUT2D eigenvalue weighted by Gasteiger charge is -2.27. The van der Waals surface area contributed by atoms with Crippen LogP contribution in [0.25, 0.3) is 0 Å². The predicted octanol–water partition coefficient (Wildman–Crippen LogP) is 3.53. The van der Waals surface area contributed by atoms with E-state index < -0.39 is 15.9 Å². The second kappa shape index (κ2) is 7.62. The molecule has 6 nitrogen and oxygen atoms in total. The Hall–Kier alpha value is -1.51. The number of ether oxygens (including phenoxy) is 1. The first-order valence-corrected chi connectivity index (χ1v) is 10.9. The van der Waals surface area contributed by atoms with E-state index in [9.17, 15) is 13.2 Å². The van der Waals surface area contributed by atoms with Crippen LogP contribution in [0.1, 0.15) is 22.5 Å². The number of hydrogen-bond donors (Lipinski definition) is 0. The lowest BCUT2D eigenvalue weighted by Crippen LogP contribution is -2.40. The number of carbonyl (C=O) groups is 1. The van der Waals surface area contributed by atoms with Crippen LogP contribution in [0.5, 0.6) is 5.75 Å². The average molecular weight is 463 g/mol. The Kier molecular flexibility index (Phi) is 5.64. The number of sulfone groups is 1. The molecule has 0 radical (unpaired) electrons. The lowest BCUT2D eigenvalue weighted by atomic mass is 10.1. The highest BCUT2D eigenvalue weighted by Gasteiger charge is 2.35. The number of carbonyl (C=O) groups excluding carboxylic acids is 1. The van der Waals surface area contributed by atoms with Crippen molar-refractivity contribution in [2.45, 2.75) is 19.0 Å².